The minimum Gasteiger partial charge on any atom is -0.438 e. The third-order valence-corrected chi connectivity index (χ3v) is 4.24. The Labute approximate surface area is 167 Å². The molecule has 0 aliphatic heterocycles. The average molecular weight is 388 g/mol. The molecule has 2 aromatic heterocycles. The van der Waals surface area contributed by atoms with Gasteiger partial charge in [0.15, 0.2) is 0 Å². The van der Waals surface area contributed by atoms with Gasteiger partial charge >= 0.3 is 0 Å². The lowest BCUT2D eigenvalue weighted by Crippen LogP contribution is -2.25. The van der Waals surface area contributed by atoms with E-state index in [1.165, 1.54) is 10.5 Å². The number of aromatic nitrogens is 2. The lowest BCUT2D eigenvalue weighted by molar-refractivity contribution is -0.116. The summed E-state index contributed by atoms with van der Waals surface area (Å²) in [5, 5.41) is 12.0. The number of pyridine rings is 1. The van der Waals surface area contributed by atoms with Gasteiger partial charge in [-0.3, -0.25) is 14.0 Å². The lowest BCUT2D eigenvalue weighted by Gasteiger charge is -2.12. The topological polar surface area (TPSA) is 96.5 Å². The first-order valence-electron chi connectivity index (χ1n) is 9.11. The molecule has 0 fully saturated rings. The van der Waals surface area contributed by atoms with Crippen LogP contribution in [-0.4, -0.2) is 21.8 Å². The van der Waals surface area contributed by atoms with E-state index in [9.17, 15) is 14.9 Å². The standard InChI is InChI=1S/C22H20N4O3/c1-4-24-20(27)16(13-23)12-18-21(29-17-9-5-7-14(2)11-17)25-19-15(3)8-6-10-26(19)22(18)28/h5-12H,4H2,1-3H3,(H,24,27). The van der Waals surface area contributed by atoms with E-state index in [1.807, 2.05) is 44.2 Å². The number of ether oxygens (including phenoxy) is 1. The molecule has 0 atom stereocenters. The second kappa shape index (κ2) is 8.40. The third-order valence-electron chi connectivity index (χ3n) is 4.24. The van der Waals surface area contributed by atoms with Crippen LogP contribution in [-0.2, 0) is 4.79 Å². The molecule has 0 aliphatic carbocycles. The van der Waals surface area contributed by atoms with E-state index < -0.39 is 11.5 Å². The number of nitriles is 1. The highest BCUT2D eigenvalue weighted by molar-refractivity contribution is 6.01. The molecule has 29 heavy (non-hydrogen) atoms. The Morgan fingerprint density at radius 2 is 2.10 bits per heavy atom. The Bertz CT molecular complexity index is 1220. The van der Waals surface area contributed by atoms with Crippen LogP contribution in [0, 0.1) is 25.2 Å². The van der Waals surface area contributed by atoms with Crippen molar-refractivity contribution in [1.82, 2.24) is 14.7 Å². The number of carbonyl (C=O) groups is 1. The number of hydrogen-bond acceptors (Lipinski definition) is 5. The van der Waals surface area contributed by atoms with Crippen LogP contribution in [0.4, 0.5) is 0 Å². The Morgan fingerprint density at radius 1 is 1.31 bits per heavy atom. The Balaban J connectivity index is 2.26. The first-order valence-corrected chi connectivity index (χ1v) is 9.11. The second-order valence-corrected chi connectivity index (χ2v) is 6.47. The number of nitrogens with one attached hydrogen (secondary N) is 1. The highest BCUT2D eigenvalue weighted by Crippen LogP contribution is 2.25. The summed E-state index contributed by atoms with van der Waals surface area (Å²) in [4.78, 5) is 29.8. The predicted molar refractivity (Wildman–Crippen MR) is 110 cm³/mol. The molecule has 0 spiro atoms. The van der Waals surface area contributed by atoms with E-state index in [0.29, 0.717) is 17.9 Å². The number of benzene rings is 1. The molecule has 1 aromatic carbocycles. The summed E-state index contributed by atoms with van der Waals surface area (Å²) >= 11 is 0. The van der Waals surface area contributed by atoms with Gasteiger partial charge in [-0.25, -0.2) is 0 Å². The molecule has 1 amide bonds. The van der Waals surface area contributed by atoms with E-state index >= 15 is 0 Å². The van der Waals surface area contributed by atoms with Crippen molar-refractivity contribution in [2.75, 3.05) is 6.54 Å². The Morgan fingerprint density at radius 3 is 2.79 bits per heavy atom. The molecule has 0 aliphatic rings. The van der Waals surface area contributed by atoms with Crippen molar-refractivity contribution in [1.29, 1.82) is 5.26 Å². The smallest absolute Gasteiger partial charge is 0.269 e. The van der Waals surface area contributed by atoms with Crippen LogP contribution in [0.1, 0.15) is 23.6 Å². The summed E-state index contributed by atoms with van der Waals surface area (Å²) < 4.78 is 7.28. The third kappa shape index (κ3) is 4.17. The lowest BCUT2D eigenvalue weighted by atomic mass is 10.1. The molecule has 7 heteroatoms. The summed E-state index contributed by atoms with van der Waals surface area (Å²) in [7, 11) is 0. The maximum atomic E-state index is 13.1. The summed E-state index contributed by atoms with van der Waals surface area (Å²) in [5.41, 5.74) is 1.60. The fourth-order valence-corrected chi connectivity index (χ4v) is 2.83. The van der Waals surface area contributed by atoms with Crippen LogP contribution in [0.3, 0.4) is 0 Å². The van der Waals surface area contributed by atoms with Gasteiger partial charge in [-0.1, -0.05) is 18.2 Å². The van der Waals surface area contributed by atoms with Gasteiger partial charge in [0.25, 0.3) is 11.5 Å². The van der Waals surface area contributed by atoms with Crippen molar-refractivity contribution in [3.8, 4) is 17.7 Å². The van der Waals surface area contributed by atoms with Gasteiger partial charge in [0.2, 0.25) is 5.88 Å². The van der Waals surface area contributed by atoms with Gasteiger partial charge in [-0.2, -0.15) is 10.2 Å². The molecule has 0 bridgehead atoms. The van der Waals surface area contributed by atoms with E-state index in [1.54, 1.807) is 25.3 Å². The van der Waals surface area contributed by atoms with Gasteiger partial charge in [0, 0.05) is 12.7 Å². The second-order valence-electron chi connectivity index (χ2n) is 6.47. The van der Waals surface area contributed by atoms with Crippen molar-refractivity contribution >= 4 is 17.6 Å². The van der Waals surface area contributed by atoms with Crippen molar-refractivity contribution in [2.24, 2.45) is 0 Å². The molecule has 2 heterocycles. The highest BCUT2D eigenvalue weighted by atomic mass is 16.5. The number of carbonyl (C=O) groups excluding carboxylic acids is 1. The zero-order valence-corrected chi connectivity index (χ0v) is 16.4. The first-order chi connectivity index (χ1) is 13.9. The molecule has 0 radical (unpaired) electrons. The molecule has 1 N–H and O–H groups in total. The summed E-state index contributed by atoms with van der Waals surface area (Å²) in [6.45, 7) is 5.86. The maximum absolute atomic E-state index is 13.1. The number of amides is 1. The minimum absolute atomic E-state index is 0.0254. The monoisotopic (exact) mass is 388 g/mol. The molecule has 0 unspecified atom stereocenters. The first kappa shape index (κ1) is 19.8. The van der Waals surface area contributed by atoms with Crippen LogP contribution < -0.4 is 15.6 Å². The van der Waals surface area contributed by atoms with Gasteiger partial charge in [-0.05, 0) is 56.2 Å². The van der Waals surface area contributed by atoms with Crippen LogP contribution in [0.15, 0.2) is 53.0 Å². The summed E-state index contributed by atoms with van der Waals surface area (Å²) in [6, 6.07) is 12.7. The zero-order chi connectivity index (χ0) is 21.0. The number of hydrogen-bond donors (Lipinski definition) is 1. The molecule has 7 nitrogen and oxygen atoms in total. The summed E-state index contributed by atoms with van der Waals surface area (Å²) in [5.74, 6) is -0.0294. The van der Waals surface area contributed by atoms with Crippen LogP contribution in [0.2, 0.25) is 0 Å². The number of nitrogens with zero attached hydrogens (tertiary/aromatic N) is 3. The fraction of sp³-hybridized carbons (Fsp3) is 0.182. The normalized spacial score (nSPS) is 11.2. The Hall–Kier alpha value is -3.92. The number of rotatable bonds is 5. The van der Waals surface area contributed by atoms with Crippen molar-refractivity contribution in [3.05, 3.63) is 75.2 Å². The van der Waals surface area contributed by atoms with E-state index in [4.69, 9.17) is 4.74 Å². The van der Waals surface area contributed by atoms with Gasteiger partial charge in [0.05, 0.1) is 0 Å². The van der Waals surface area contributed by atoms with Gasteiger partial charge < -0.3 is 10.1 Å². The van der Waals surface area contributed by atoms with Gasteiger partial charge in [0.1, 0.15) is 28.6 Å². The quantitative estimate of drug-likeness (QED) is 0.535. The van der Waals surface area contributed by atoms with E-state index in [0.717, 1.165) is 11.1 Å². The number of aryl methyl sites for hydroxylation is 2. The fourth-order valence-electron chi connectivity index (χ4n) is 2.83. The minimum atomic E-state index is -0.565. The van der Waals surface area contributed by atoms with Crippen molar-refractivity contribution in [2.45, 2.75) is 20.8 Å². The maximum Gasteiger partial charge on any atom is 0.269 e. The summed E-state index contributed by atoms with van der Waals surface area (Å²) in [6.07, 6.45) is 2.81. The van der Waals surface area contributed by atoms with Crippen molar-refractivity contribution < 1.29 is 9.53 Å². The molecule has 146 valence electrons. The van der Waals surface area contributed by atoms with Crippen LogP contribution >= 0.6 is 0 Å². The highest BCUT2D eigenvalue weighted by Gasteiger charge is 2.17. The number of likely N-dealkylation sites (N-methyl/N-ethyl adjacent to an activating group) is 1. The zero-order valence-electron chi connectivity index (χ0n) is 16.4. The number of fused-ring (bicyclic) bond motifs is 1. The predicted octanol–water partition coefficient (Wildman–Crippen LogP) is 3.15. The van der Waals surface area contributed by atoms with Crippen LogP contribution in [0.5, 0.6) is 11.6 Å². The molecule has 0 saturated heterocycles. The molecule has 3 rings (SSSR count). The van der Waals surface area contributed by atoms with Crippen LogP contribution in [0.25, 0.3) is 11.7 Å². The molecular weight excluding hydrogens is 368 g/mol. The molecule has 3 aromatic rings. The van der Waals surface area contributed by atoms with E-state index in [-0.39, 0.29) is 17.0 Å². The largest absolute Gasteiger partial charge is 0.438 e. The van der Waals surface area contributed by atoms with Crippen molar-refractivity contribution in [3.63, 3.8) is 0 Å². The Kier molecular flexibility index (Phi) is 5.74. The van der Waals surface area contributed by atoms with Gasteiger partial charge in [-0.15, -0.1) is 0 Å². The molecule has 0 saturated carbocycles. The van der Waals surface area contributed by atoms with E-state index in [2.05, 4.69) is 10.3 Å². The molecular formula is C22H20N4O3. The SMILES string of the molecule is CCNC(=O)C(C#N)=Cc1c(Oc2cccc(C)c2)nc2c(C)cccn2c1=O. The average Bonchev–Trinajstić information content (AvgIpc) is 2.69.